The van der Waals surface area contributed by atoms with Crippen LogP contribution in [-0.4, -0.2) is 11.2 Å². The van der Waals surface area contributed by atoms with Crippen LogP contribution in [-0.2, 0) is 0 Å². The quantitative estimate of drug-likeness (QED) is 0.540. The van der Waals surface area contributed by atoms with Crippen LogP contribution >= 0.6 is 15.9 Å². The van der Waals surface area contributed by atoms with Crippen molar-refractivity contribution >= 4 is 28.0 Å². The van der Waals surface area contributed by atoms with Gasteiger partial charge < -0.3 is 0 Å². The summed E-state index contributed by atoms with van der Waals surface area (Å²) in [5.74, 6) is 0.464. The Bertz CT molecular complexity index is 260. The second kappa shape index (κ2) is 2.74. The van der Waals surface area contributed by atoms with E-state index < -0.39 is 0 Å². The highest BCUT2D eigenvalue weighted by molar-refractivity contribution is 9.10. The first-order valence-corrected chi connectivity index (χ1v) is 3.42. The standard InChI is InChI=1S/C5H5BrN4/c6-4-2-9-5(8)3(1-7)10-4/h1-2,7H,(H2,8,9)/p+2. The molecule has 0 atom stereocenters. The Morgan fingerprint density at radius 3 is 3.00 bits per heavy atom. The van der Waals surface area contributed by atoms with E-state index in [1.165, 1.54) is 6.21 Å². The normalized spacial score (nSPS) is 9.30. The van der Waals surface area contributed by atoms with Gasteiger partial charge in [0.25, 0.3) is 0 Å². The van der Waals surface area contributed by atoms with Gasteiger partial charge in [0.15, 0.2) is 6.21 Å². The van der Waals surface area contributed by atoms with Crippen LogP contribution in [0.3, 0.4) is 0 Å². The molecular weight excluding hydrogens is 196 g/mol. The maximum Gasteiger partial charge on any atom is 0.302 e. The topological polar surface area (TPSA) is 78.6 Å². The second-order valence-electron chi connectivity index (χ2n) is 1.69. The van der Waals surface area contributed by atoms with Crippen molar-refractivity contribution in [2.75, 3.05) is 5.73 Å². The van der Waals surface area contributed by atoms with Crippen LogP contribution in [0.4, 0.5) is 5.82 Å². The highest BCUT2D eigenvalue weighted by Gasteiger charge is 2.05. The molecule has 0 aliphatic carbocycles. The number of rotatable bonds is 1. The number of nitrogen functional groups attached to an aromatic ring is 1. The minimum atomic E-state index is 0.464. The first kappa shape index (κ1) is 7.14. The van der Waals surface area contributed by atoms with E-state index in [4.69, 9.17) is 11.1 Å². The van der Waals surface area contributed by atoms with E-state index in [-0.39, 0.29) is 0 Å². The van der Waals surface area contributed by atoms with Crippen molar-refractivity contribution in [1.29, 1.82) is 0 Å². The maximum atomic E-state index is 5.45. The lowest BCUT2D eigenvalue weighted by Gasteiger charge is -1.88. The van der Waals surface area contributed by atoms with Gasteiger partial charge in [-0.25, -0.2) is 9.97 Å². The number of aromatic nitrogens is 2. The number of anilines is 1. The molecule has 10 heavy (non-hydrogen) atoms. The summed E-state index contributed by atoms with van der Waals surface area (Å²) in [6, 6.07) is 0. The van der Waals surface area contributed by atoms with E-state index in [1.807, 2.05) is 0 Å². The van der Waals surface area contributed by atoms with Crippen molar-refractivity contribution < 1.29 is 10.4 Å². The van der Waals surface area contributed by atoms with Crippen LogP contribution in [0.5, 0.6) is 0 Å². The van der Waals surface area contributed by atoms with Gasteiger partial charge in [-0.1, -0.05) is 0 Å². The van der Waals surface area contributed by atoms with Crippen molar-refractivity contribution in [3.05, 3.63) is 16.5 Å². The van der Waals surface area contributed by atoms with Crippen molar-refractivity contribution in [3.63, 3.8) is 0 Å². The Labute approximate surface area is 66.1 Å². The first-order valence-electron chi connectivity index (χ1n) is 2.62. The molecule has 1 aromatic rings. The first-order chi connectivity index (χ1) is 4.74. The van der Waals surface area contributed by atoms with Crippen LogP contribution in [0.15, 0.2) is 10.8 Å². The molecule has 0 spiro atoms. The lowest BCUT2D eigenvalue weighted by atomic mass is 10.4. The molecule has 4 nitrogen and oxygen atoms in total. The molecule has 0 unspecified atom stereocenters. The fourth-order valence-corrected chi connectivity index (χ4v) is 0.851. The Balaban J connectivity index is 3.21. The zero-order chi connectivity index (χ0) is 7.56. The van der Waals surface area contributed by atoms with Crippen molar-refractivity contribution in [3.8, 4) is 0 Å². The Kier molecular flexibility index (Phi) is 1.96. The number of hydrogen-bond acceptors (Lipinski definition) is 2. The molecule has 0 amide bonds. The molecule has 1 heterocycles. The molecule has 0 radical (unpaired) electrons. The van der Waals surface area contributed by atoms with Crippen LogP contribution < -0.4 is 16.1 Å². The number of halogens is 1. The fourth-order valence-electron chi connectivity index (χ4n) is 0.546. The van der Waals surface area contributed by atoms with Gasteiger partial charge in [0.2, 0.25) is 5.69 Å². The van der Waals surface area contributed by atoms with E-state index in [1.54, 1.807) is 6.20 Å². The molecule has 0 saturated carbocycles. The largest absolute Gasteiger partial charge is 0.302 e. The summed E-state index contributed by atoms with van der Waals surface area (Å²) in [5.41, 5.74) is 6.00. The van der Waals surface area contributed by atoms with Crippen molar-refractivity contribution in [2.45, 2.75) is 0 Å². The molecule has 0 aromatic carbocycles. The number of nitrogens with one attached hydrogen (secondary N) is 1. The summed E-state index contributed by atoms with van der Waals surface area (Å²) < 4.78 is 0.679. The van der Waals surface area contributed by atoms with Crippen molar-refractivity contribution in [1.82, 2.24) is 4.98 Å². The Hall–Kier alpha value is -0.970. The van der Waals surface area contributed by atoms with Crippen LogP contribution in [0.1, 0.15) is 5.69 Å². The van der Waals surface area contributed by atoms with Gasteiger partial charge in [0.1, 0.15) is 10.8 Å². The lowest BCUT2D eigenvalue weighted by Crippen LogP contribution is -2.32. The average Bonchev–Trinajstić information content (AvgIpc) is 1.94. The van der Waals surface area contributed by atoms with Gasteiger partial charge in [0, 0.05) is 0 Å². The molecule has 1 aromatic heterocycles. The predicted molar refractivity (Wildman–Crippen MR) is 40.0 cm³/mol. The molecule has 0 aliphatic heterocycles. The molecule has 52 valence electrons. The maximum absolute atomic E-state index is 5.45. The molecule has 1 rings (SSSR count). The van der Waals surface area contributed by atoms with Gasteiger partial charge in [-0.05, 0) is 15.9 Å². The molecule has 0 saturated heterocycles. The summed E-state index contributed by atoms with van der Waals surface area (Å²) in [5, 5.41) is 5.21. The highest BCUT2D eigenvalue weighted by Crippen LogP contribution is 2.03. The number of nitrogens with zero attached hydrogens (tertiary/aromatic N) is 1. The summed E-state index contributed by atoms with van der Waals surface area (Å²) in [6.45, 7) is 0. The zero-order valence-electron chi connectivity index (χ0n) is 5.13. The SMILES string of the molecule is Nc1[nH+]cc(Br)nc1C=[NH2+]. The van der Waals surface area contributed by atoms with Crippen LogP contribution in [0.25, 0.3) is 0 Å². The molecule has 5 N–H and O–H groups in total. The van der Waals surface area contributed by atoms with Crippen molar-refractivity contribution in [2.24, 2.45) is 0 Å². The van der Waals surface area contributed by atoms with Gasteiger partial charge in [-0.2, -0.15) is 0 Å². The monoisotopic (exact) mass is 202 g/mol. The molecular formula is C5H7BrN4+2. The number of nitrogens with two attached hydrogens (primary N) is 2. The number of H-pyrrole nitrogens is 1. The highest BCUT2D eigenvalue weighted by atomic mass is 79.9. The van der Waals surface area contributed by atoms with Gasteiger partial charge in [-0.3, -0.25) is 11.1 Å². The summed E-state index contributed by atoms with van der Waals surface area (Å²) in [7, 11) is 0. The van der Waals surface area contributed by atoms with E-state index in [9.17, 15) is 0 Å². The van der Waals surface area contributed by atoms with E-state index in [0.717, 1.165) is 0 Å². The van der Waals surface area contributed by atoms with Gasteiger partial charge in [-0.15, -0.1) is 0 Å². The molecule has 5 heteroatoms. The minimum Gasteiger partial charge on any atom is -0.285 e. The second-order valence-corrected chi connectivity index (χ2v) is 2.50. The van der Waals surface area contributed by atoms with Gasteiger partial charge >= 0.3 is 5.82 Å². The third-order valence-corrected chi connectivity index (χ3v) is 1.41. The van der Waals surface area contributed by atoms with E-state index >= 15 is 0 Å². The lowest BCUT2D eigenvalue weighted by molar-refractivity contribution is -0.362. The third kappa shape index (κ3) is 1.30. The van der Waals surface area contributed by atoms with E-state index in [0.29, 0.717) is 16.1 Å². The van der Waals surface area contributed by atoms with Gasteiger partial charge in [0.05, 0.1) is 0 Å². The Morgan fingerprint density at radius 2 is 2.50 bits per heavy atom. The smallest absolute Gasteiger partial charge is 0.285 e. The molecule has 0 bridgehead atoms. The van der Waals surface area contributed by atoms with Crippen LogP contribution in [0, 0.1) is 0 Å². The van der Waals surface area contributed by atoms with Crippen LogP contribution in [0.2, 0.25) is 0 Å². The fraction of sp³-hybridized carbons (Fsp3) is 0. The number of hydrogen-bond donors (Lipinski definition) is 2. The number of aromatic amines is 1. The minimum absolute atomic E-state index is 0.464. The molecule has 0 fully saturated rings. The summed E-state index contributed by atoms with van der Waals surface area (Å²) in [6.07, 6.45) is 2.99. The zero-order valence-corrected chi connectivity index (χ0v) is 6.72. The average molecular weight is 203 g/mol. The summed E-state index contributed by atoms with van der Waals surface area (Å²) in [4.78, 5) is 6.75. The summed E-state index contributed by atoms with van der Waals surface area (Å²) >= 11 is 3.16. The van der Waals surface area contributed by atoms with E-state index in [2.05, 4.69) is 25.9 Å². The molecule has 0 aliphatic rings. The Morgan fingerprint density at radius 1 is 1.80 bits per heavy atom. The predicted octanol–water partition coefficient (Wildman–Crippen LogP) is -1.58. The third-order valence-electron chi connectivity index (χ3n) is 1.01.